The molecule has 0 aliphatic heterocycles. The Labute approximate surface area is 127 Å². The summed E-state index contributed by atoms with van der Waals surface area (Å²) < 4.78 is 2.72. The van der Waals surface area contributed by atoms with Gasteiger partial charge in [-0.15, -0.1) is 11.3 Å². The number of thiophene rings is 1. The lowest BCUT2D eigenvalue weighted by Gasteiger charge is -2.22. The van der Waals surface area contributed by atoms with Crippen LogP contribution in [0, 0.1) is 0 Å². The van der Waals surface area contributed by atoms with Gasteiger partial charge in [-0.05, 0) is 24.3 Å². The maximum Gasteiger partial charge on any atom is 0.330 e. The summed E-state index contributed by atoms with van der Waals surface area (Å²) in [6.45, 7) is 1.52. The van der Waals surface area contributed by atoms with Crippen molar-refractivity contribution in [2.75, 3.05) is 0 Å². The average molecular weight is 305 g/mol. The van der Waals surface area contributed by atoms with Crippen LogP contribution in [-0.2, 0) is 27.2 Å². The average Bonchev–Trinajstić information content (AvgIpc) is 3.19. The molecule has 0 amide bonds. The number of hydrogen-bond donors (Lipinski definition) is 0. The molecule has 6 heteroatoms. The van der Waals surface area contributed by atoms with Gasteiger partial charge in [-0.2, -0.15) is 0 Å². The van der Waals surface area contributed by atoms with Gasteiger partial charge < -0.3 is 0 Å². The number of rotatable bonds is 5. The summed E-state index contributed by atoms with van der Waals surface area (Å²) in [6.07, 6.45) is 2.40. The molecule has 21 heavy (non-hydrogen) atoms. The Morgan fingerprint density at radius 3 is 2.62 bits per heavy atom. The summed E-state index contributed by atoms with van der Waals surface area (Å²) in [5, 5.41) is 2.08. The van der Waals surface area contributed by atoms with E-state index in [4.69, 9.17) is 0 Å². The van der Waals surface area contributed by atoms with Crippen molar-refractivity contribution in [2.45, 2.75) is 32.0 Å². The van der Waals surface area contributed by atoms with E-state index in [1.54, 1.807) is 29.0 Å². The van der Waals surface area contributed by atoms with E-state index in [0.717, 1.165) is 16.8 Å². The minimum absolute atomic E-state index is 0.236. The van der Waals surface area contributed by atoms with Gasteiger partial charge in [0.15, 0.2) is 0 Å². The molecule has 2 aromatic heterocycles. The van der Waals surface area contributed by atoms with E-state index in [1.165, 1.54) is 24.8 Å². The highest BCUT2D eigenvalue weighted by molar-refractivity contribution is 7.09. The van der Waals surface area contributed by atoms with Crippen LogP contribution < -0.4 is 11.2 Å². The first-order valence-electron chi connectivity index (χ1n) is 7.08. The first-order chi connectivity index (χ1) is 10.1. The summed E-state index contributed by atoms with van der Waals surface area (Å²) in [4.78, 5) is 27.5. The molecule has 1 fully saturated rings. The molecule has 0 saturated heterocycles. The van der Waals surface area contributed by atoms with Crippen LogP contribution in [-0.4, -0.2) is 20.1 Å². The zero-order chi connectivity index (χ0) is 15.0. The molecule has 1 saturated carbocycles. The molecular weight excluding hydrogens is 286 g/mol. The van der Waals surface area contributed by atoms with Gasteiger partial charge in [0.2, 0.25) is 0 Å². The molecule has 2 aromatic rings. The Hall–Kier alpha value is -1.66. The zero-order valence-electron chi connectivity index (χ0n) is 12.3. The molecule has 0 radical (unpaired) electrons. The van der Waals surface area contributed by atoms with Gasteiger partial charge in [-0.1, -0.05) is 6.07 Å². The molecule has 1 aliphatic carbocycles. The van der Waals surface area contributed by atoms with Gasteiger partial charge >= 0.3 is 5.69 Å². The molecule has 112 valence electrons. The molecule has 5 nitrogen and oxygen atoms in total. The Kier molecular flexibility index (Phi) is 3.82. The SMILES string of the molecule is Cn1c(CN(Cc2cccs2)C2CC2)cc(=O)n(C)c1=O. The highest BCUT2D eigenvalue weighted by atomic mass is 32.1. The molecule has 0 aromatic carbocycles. The summed E-state index contributed by atoms with van der Waals surface area (Å²) >= 11 is 1.74. The van der Waals surface area contributed by atoms with Gasteiger partial charge in [0.05, 0.1) is 0 Å². The van der Waals surface area contributed by atoms with Gasteiger partial charge in [0.1, 0.15) is 0 Å². The second-order valence-corrected chi connectivity index (χ2v) is 6.62. The second kappa shape index (κ2) is 5.61. The van der Waals surface area contributed by atoms with Gasteiger partial charge in [0.25, 0.3) is 5.56 Å². The Morgan fingerprint density at radius 1 is 1.24 bits per heavy atom. The first kappa shape index (κ1) is 14.3. The Balaban J connectivity index is 1.86. The van der Waals surface area contributed by atoms with Crippen LogP contribution in [0.2, 0.25) is 0 Å². The van der Waals surface area contributed by atoms with E-state index in [0.29, 0.717) is 12.6 Å². The van der Waals surface area contributed by atoms with Gasteiger partial charge in [-0.3, -0.25) is 18.8 Å². The summed E-state index contributed by atoms with van der Waals surface area (Å²) in [6, 6.07) is 6.33. The van der Waals surface area contributed by atoms with Crippen molar-refractivity contribution in [1.29, 1.82) is 0 Å². The summed E-state index contributed by atoms with van der Waals surface area (Å²) in [5.74, 6) is 0. The number of hydrogen-bond acceptors (Lipinski definition) is 4. The van der Waals surface area contributed by atoms with Crippen molar-refractivity contribution >= 4 is 11.3 Å². The van der Waals surface area contributed by atoms with E-state index in [1.807, 2.05) is 0 Å². The Morgan fingerprint density at radius 2 is 2.00 bits per heavy atom. The van der Waals surface area contributed by atoms with Crippen molar-refractivity contribution in [3.05, 3.63) is 55.0 Å². The maximum atomic E-state index is 12.0. The predicted octanol–water partition coefficient (Wildman–Crippen LogP) is 1.31. The molecule has 0 bridgehead atoms. The molecular formula is C15H19N3O2S. The molecule has 0 N–H and O–H groups in total. The lowest BCUT2D eigenvalue weighted by Crippen LogP contribution is -2.39. The van der Waals surface area contributed by atoms with Crippen molar-refractivity contribution in [3.8, 4) is 0 Å². The fraction of sp³-hybridized carbons (Fsp3) is 0.467. The monoisotopic (exact) mass is 305 g/mol. The normalized spacial score (nSPS) is 14.8. The van der Waals surface area contributed by atoms with E-state index in [2.05, 4.69) is 22.4 Å². The third kappa shape index (κ3) is 3.01. The molecule has 0 atom stereocenters. The number of aromatic nitrogens is 2. The maximum absolute atomic E-state index is 12.0. The van der Waals surface area contributed by atoms with Crippen molar-refractivity contribution in [1.82, 2.24) is 14.0 Å². The quantitative estimate of drug-likeness (QED) is 0.837. The van der Waals surface area contributed by atoms with Crippen molar-refractivity contribution in [2.24, 2.45) is 14.1 Å². The molecule has 2 heterocycles. The zero-order valence-corrected chi connectivity index (χ0v) is 13.1. The summed E-state index contributed by atoms with van der Waals surface area (Å²) in [5.41, 5.74) is 0.288. The predicted molar refractivity (Wildman–Crippen MR) is 83.5 cm³/mol. The third-order valence-electron chi connectivity index (χ3n) is 3.99. The van der Waals surface area contributed by atoms with Gasteiger partial charge in [0, 0.05) is 49.9 Å². The van der Waals surface area contributed by atoms with Crippen molar-refractivity contribution < 1.29 is 0 Å². The third-order valence-corrected chi connectivity index (χ3v) is 4.85. The molecule has 0 spiro atoms. The molecule has 0 unspecified atom stereocenters. The smallest absolute Gasteiger partial charge is 0.299 e. The number of nitrogens with zero attached hydrogens (tertiary/aromatic N) is 3. The van der Waals surface area contributed by atoms with E-state index in [9.17, 15) is 9.59 Å². The van der Waals surface area contributed by atoms with Crippen LogP contribution in [0.5, 0.6) is 0 Å². The summed E-state index contributed by atoms with van der Waals surface area (Å²) in [7, 11) is 3.24. The van der Waals surface area contributed by atoms with Crippen molar-refractivity contribution in [3.63, 3.8) is 0 Å². The second-order valence-electron chi connectivity index (χ2n) is 5.59. The lowest BCUT2D eigenvalue weighted by atomic mass is 10.3. The van der Waals surface area contributed by atoms with E-state index < -0.39 is 0 Å². The molecule has 3 rings (SSSR count). The van der Waals surface area contributed by atoms with Crippen LogP contribution >= 0.6 is 11.3 Å². The highest BCUT2D eigenvalue weighted by Crippen LogP contribution is 2.30. The van der Waals surface area contributed by atoms with Crippen LogP contribution in [0.1, 0.15) is 23.4 Å². The fourth-order valence-corrected chi connectivity index (χ4v) is 3.22. The van der Waals surface area contributed by atoms with E-state index in [-0.39, 0.29) is 11.2 Å². The van der Waals surface area contributed by atoms with Crippen LogP contribution in [0.15, 0.2) is 33.2 Å². The minimum atomic E-state index is -0.260. The highest BCUT2D eigenvalue weighted by Gasteiger charge is 2.29. The molecule has 1 aliphatic rings. The Bertz CT molecular complexity index is 741. The lowest BCUT2D eigenvalue weighted by molar-refractivity contribution is 0.240. The first-order valence-corrected chi connectivity index (χ1v) is 7.96. The fourth-order valence-electron chi connectivity index (χ4n) is 2.49. The standard InChI is InChI=1S/C15H19N3O2S/c1-16-12(8-14(19)17(2)15(16)20)9-18(11-5-6-11)10-13-4-3-7-21-13/h3-4,7-8,11H,5-6,9-10H2,1-2H3. The van der Waals surface area contributed by atoms with Gasteiger partial charge in [-0.25, -0.2) is 4.79 Å². The van der Waals surface area contributed by atoms with Crippen LogP contribution in [0.25, 0.3) is 0 Å². The minimum Gasteiger partial charge on any atom is -0.299 e. The largest absolute Gasteiger partial charge is 0.330 e. The van der Waals surface area contributed by atoms with Crippen LogP contribution in [0.4, 0.5) is 0 Å². The topological polar surface area (TPSA) is 47.2 Å². The van der Waals surface area contributed by atoms with E-state index >= 15 is 0 Å². The van der Waals surface area contributed by atoms with Crippen LogP contribution in [0.3, 0.4) is 0 Å².